The second-order valence-corrected chi connectivity index (χ2v) is 7.03. The van der Waals surface area contributed by atoms with Gasteiger partial charge in [0.05, 0.1) is 6.20 Å². The van der Waals surface area contributed by atoms with Gasteiger partial charge >= 0.3 is 5.97 Å². The zero-order valence-electron chi connectivity index (χ0n) is 16.5. The van der Waals surface area contributed by atoms with Gasteiger partial charge in [0.25, 0.3) is 0 Å². The van der Waals surface area contributed by atoms with Crippen molar-refractivity contribution in [2.75, 3.05) is 7.05 Å². The standard InChI is InChI=1S/C23H24N2O4/c1-16-8-10-18(11-9-16)20-15-24-21(29-20)12-13-22(26)25(2)19(23(27)28)14-17-6-4-3-5-7-17/h3-11,15,19H,12-14H2,1-2H3,(H,27,28). The van der Waals surface area contributed by atoms with Gasteiger partial charge in [0.2, 0.25) is 5.91 Å². The van der Waals surface area contributed by atoms with E-state index in [4.69, 9.17) is 4.42 Å². The molecule has 0 saturated carbocycles. The van der Waals surface area contributed by atoms with Crippen LogP contribution in [0.3, 0.4) is 0 Å². The lowest BCUT2D eigenvalue weighted by molar-refractivity contribution is -0.149. The number of carbonyl (C=O) groups is 2. The average molecular weight is 392 g/mol. The number of benzene rings is 2. The lowest BCUT2D eigenvalue weighted by Gasteiger charge is -2.25. The molecule has 0 saturated heterocycles. The molecule has 0 aliphatic heterocycles. The highest BCUT2D eigenvalue weighted by Gasteiger charge is 2.26. The lowest BCUT2D eigenvalue weighted by atomic mass is 10.0. The van der Waals surface area contributed by atoms with Crippen molar-refractivity contribution in [1.29, 1.82) is 0 Å². The van der Waals surface area contributed by atoms with Crippen molar-refractivity contribution in [2.24, 2.45) is 0 Å². The molecule has 0 radical (unpaired) electrons. The fourth-order valence-electron chi connectivity index (χ4n) is 3.07. The third kappa shape index (κ3) is 5.31. The lowest BCUT2D eigenvalue weighted by Crippen LogP contribution is -2.43. The fourth-order valence-corrected chi connectivity index (χ4v) is 3.07. The maximum atomic E-state index is 12.6. The maximum absolute atomic E-state index is 12.6. The Balaban J connectivity index is 1.60. The molecule has 1 N–H and O–H groups in total. The number of aromatic nitrogens is 1. The van der Waals surface area contributed by atoms with Crippen LogP contribution >= 0.6 is 0 Å². The molecule has 6 heteroatoms. The largest absolute Gasteiger partial charge is 0.480 e. The summed E-state index contributed by atoms with van der Waals surface area (Å²) in [5, 5.41) is 9.56. The molecule has 0 aliphatic rings. The van der Waals surface area contributed by atoms with Crippen molar-refractivity contribution in [3.63, 3.8) is 0 Å². The zero-order valence-corrected chi connectivity index (χ0v) is 16.5. The smallest absolute Gasteiger partial charge is 0.326 e. The molecule has 1 heterocycles. The minimum atomic E-state index is -1.03. The Morgan fingerprint density at radius 2 is 1.79 bits per heavy atom. The van der Waals surface area contributed by atoms with E-state index >= 15 is 0 Å². The second kappa shape index (κ2) is 9.19. The van der Waals surface area contributed by atoms with Gasteiger partial charge in [-0.05, 0) is 12.5 Å². The molecule has 0 aliphatic carbocycles. The number of carboxylic acids is 1. The van der Waals surface area contributed by atoms with E-state index in [9.17, 15) is 14.7 Å². The van der Waals surface area contributed by atoms with Crippen molar-refractivity contribution in [3.05, 3.63) is 77.8 Å². The minimum absolute atomic E-state index is 0.128. The molecule has 150 valence electrons. The number of likely N-dealkylation sites (N-methyl/N-ethyl adjacent to an activating group) is 1. The van der Waals surface area contributed by atoms with E-state index in [1.54, 1.807) is 6.20 Å². The molecule has 1 atom stereocenters. The number of nitrogens with zero attached hydrogens (tertiary/aromatic N) is 2. The molecule has 3 aromatic rings. The van der Waals surface area contributed by atoms with E-state index in [0.29, 0.717) is 18.1 Å². The van der Waals surface area contributed by atoms with Crippen molar-refractivity contribution >= 4 is 11.9 Å². The van der Waals surface area contributed by atoms with E-state index in [0.717, 1.165) is 16.7 Å². The number of hydrogen-bond acceptors (Lipinski definition) is 4. The number of rotatable bonds is 8. The minimum Gasteiger partial charge on any atom is -0.480 e. The average Bonchev–Trinajstić information content (AvgIpc) is 3.20. The van der Waals surface area contributed by atoms with Gasteiger partial charge in [-0.25, -0.2) is 9.78 Å². The van der Waals surface area contributed by atoms with Gasteiger partial charge in [-0.1, -0.05) is 60.2 Å². The van der Waals surface area contributed by atoms with E-state index < -0.39 is 12.0 Å². The van der Waals surface area contributed by atoms with Crippen LogP contribution in [0.5, 0.6) is 0 Å². The Morgan fingerprint density at radius 3 is 2.45 bits per heavy atom. The van der Waals surface area contributed by atoms with Crippen LogP contribution < -0.4 is 0 Å². The Bertz CT molecular complexity index is 964. The number of aliphatic carboxylic acids is 1. The first-order valence-corrected chi connectivity index (χ1v) is 9.48. The van der Waals surface area contributed by atoms with Crippen LogP contribution in [0, 0.1) is 6.92 Å². The number of aryl methyl sites for hydroxylation is 2. The van der Waals surface area contributed by atoms with Gasteiger partial charge in [-0.15, -0.1) is 0 Å². The van der Waals surface area contributed by atoms with E-state index in [2.05, 4.69) is 4.98 Å². The Labute approximate surface area is 169 Å². The molecule has 1 unspecified atom stereocenters. The van der Waals surface area contributed by atoms with Gasteiger partial charge in [-0.2, -0.15) is 0 Å². The van der Waals surface area contributed by atoms with Crippen molar-refractivity contribution in [1.82, 2.24) is 9.88 Å². The fraction of sp³-hybridized carbons (Fsp3) is 0.261. The van der Waals surface area contributed by atoms with Crippen LogP contribution in [0.15, 0.2) is 65.2 Å². The number of amides is 1. The molecule has 0 spiro atoms. The molecule has 2 aromatic carbocycles. The SMILES string of the molecule is Cc1ccc(-c2cnc(CCC(=O)N(C)C(Cc3ccccc3)C(=O)O)o2)cc1. The monoisotopic (exact) mass is 392 g/mol. The summed E-state index contributed by atoms with van der Waals surface area (Å²) in [6, 6.07) is 16.3. The number of carboxylic acid groups (broad SMARTS) is 1. The summed E-state index contributed by atoms with van der Waals surface area (Å²) in [4.78, 5) is 29.8. The van der Waals surface area contributed by atoms with E-state index in [1.807, 2.05) is 61.5 Å². The third-order valence-corrected chi connectivity index (χ3v) is 4.86. The quantitative estimate of drug-likeness (QED) is 0.631. The first-order valence-electron chi connectivity index (χ1n) is 9.48. The highest BCUT2D eigenvalue weighted by Crippen LogP contribution is 2.21. The number of carbonyl (C=O) groups excluding carboxylic acids is 1. The topological polar surface area (TPSA) is 83.6 Å². The maximum Gasteiger partial charge on any atom is 0.326 e. The van der Waals surface area contributed by atoms with Gasteiger partial charge in [0.1, 0.15) is 6.04 Å². The third-order valence-electron chi connectivity index (χ3n) is 4.86. The van der Waals surface area contributed by atoms with E-state index in [-0.39, 0.29) is 18.7 Å². The van der Waals surface area contributed by atoms with Crippen LogP contribution in [0.2, 0.25) is 0 Å². The summed E-state index contributed by atoms with van der Waals surface area (Å²) in [5.41, 5.74) is 2.95. The van der Waals surface area contributed by atoms with Gasteiger partial charge in [-0.3, -0.25) is 4.79 Å². The van der Waals surface area contributed by atoms with E-state index in [1.165, 1.54) is 11.9 Å². The van der Waals surface area contributed by atoms with Gasteiger partial charge in [0, 0.05) is 31.9 Å². The summed E-state index contributed by atoms with van der Waals surface area (Å²) in [5.74, 6) is -0.184. The Morgan fingerprint density at radius 1 is 1.10 bits per heavy atom. The van der Waals surface area contributed by atoms with Crippen molar-refractivity contribution in [3.8, 4) is 11.3 Å². The van der Waals surface area contributed by atoms with Crippen molar-refractivity contribution < 1.29 is 19.1 Å². The van der Waals surface area contributed by atoms with Crippen LogP contribution in [0.25, 0.3) is 11.3 Å². The van der Waals surface area contributed by atoms with Gasteiger partial charge < -0.3 is 14.4 Å². The summed E-state index contributed by atoms with van der Waals surface area (Å²) in [7, 11) is 1.53. The summed E-state index contributed by atoms with van der Waals surface area (Å²) in [6.45, 7) is 2.01. The number of hydrogen-bond donors (Lipinski definition) is 1. The second-order valence-electron chi connectivity index (χ2n) is 7.03. The molecule has 0 bridgehead atoms. The van der Waals surface area contributed by atoms with Crippen LogP contribution in [0.4, 0.5) is 0 Å². The molecule has 0 fully saturated rings. The molecule has 3 rings (SSSR count). The van der Waals surface area contributed by atoms with Crippen LogP contribution in [-0.4, -0.2) is 40.0 Å². The highest BCUT2D eigenvalue weighted by atomic mass is 16.4. The van der Waals surface area contributed by atoms with Crippen molar-refractivity contribution in [2.45, 2.75) is 32.2 Å². The molecule has 1 amide bonds. The van der Waals surface area contributed by atoms with Crippen LogP contribution in [0.1, 0.15) is 23.4 Å². The predicted molar refractivity (Wildman–Crippen MR) is 109 cm³/mol. The Kier molecular flexibility index (Phi) is 6.44. The summed E-state index contributed by atoms with van der Waals surface area (Å²) >= 11 is 0. The highest BCUT2D eigenvalue weighted by molar-refractivity contribution is 5.83. The summed E-state index contributed by atoms with van der Waals surface area (Å²) in [6.07, 6.45) is 2.34. The summed E-state index contributed by atoms with van der Waals surface area (Å²) < 4.78 is 5.75. The molecule has 6 nitrogen and oxygen atoms in total. The van der Waals surface area contributed by atoms with Gasteiger partial charge in [0.15, 0.2) is 11.7 Å². The first kappa shape index (κ1) is 20.3. The molecular formula is C23H24N2O4. The van der Waals surface area contributed by atoms with Crippen LogP contribution in [-0.2, 0) is 22.4 Å². The molecule has 1 aromatic heterocycles. The molecule has 29 heavy (non-hydrogen) atoms. The predicted octanol–water partition coefficient (Wildman–Crippen LogP) is 3.74. The molecular weight excluding hydrogens is 368 g/mol. The normalized spacial score (nSPS) is 11.8. The number of oxazole rings is 1. The zero-order chi connectivity index (χ0) is 20.8. The first-order chi connectivity index (χ1) is 13.9. The Hall–Kier alpha value is -3.41.